The van der Waals surface area contributed by atoms with Gasteiger partial charge in [0.25, 0.3) is 0 Å². The van der Waals surface area contributed by atoms with Gasteiger partial charge >= 0.3 is 0 Å². The van der Waals surface area contributed by atoms with Crippen LogP contribution in [0, 0.1) is 0 Å². The lowest BCUT2D eigenvalue weighted by Gasteiger charge is -2.17. The number of nitrogens with zero attached hydrogens (tertiary/aromatic N) is 1. The second-order valence-corrected chi connectivity index (χ2v) is 6.84. The zero-order chi connectivity index (χ0) is 23.2. The predicted molar refractivity (Wildman–Crippen MR) is 142 cm³/mol. The molecule has 0 aliphatic rings. The van der Waals surface area contributed by atoms with Crippen LogP contribution in [0.5, 0.6) is 23.0 Å². The molecule has 0 amide bonds. The molecule has 0 atom stereocenters. The van der Waals surface area contributed by atoms with Gasteiger partial charge in [0, 0.05) is 31.9 Å². The van der Waals surface area contributed by atoms with Crippen molar-refractivity contribution in [2.24, 2.45) is 4.99 Å². The molecule has 0 unspecified atom stereocenters. The van der Waals surface area contributed by atoms with Gasteiger partial charge < -0.3 is 34.3 Å². The Morgan fingerprint density at radius 3 is 2.18 bits per heavy atom. The second kappa shape index (κ2) is 16.2. The van der Waals surface area contributed by atoms with E-state index in [0.29, 0.717) is 42.9 Å². The normalized spacial score (nSPS) is 10.8. The van der Waals surface area contributed by atoms with Gasteiger partial charge in [-0.2, -0.15) is 0 Å². The van der Waals surface area contributed by atoms with Crippen molar-refractivity contribution < 1.29 is 23.7 Å². The van der Waals surface area contributed by atoms with Crippen molar-refractivity contribution in [3.63, 3.8) is 0 Å². The van der Waals surface area contributed by atoms with Crippen LogP contribution in [0.25, 0.3) is 0 Å². The molecule has 33 heavy (non-hydrogen) atoms. The number of methoxy groups -OCH3 is 4. The van der Waals surface area contributed by atoms with E-state index in [2.05, 4.69) is 10.6 Å². The van der Waals surface area contributed by atoms with Crippen molar-refractivity contribution in [1.82, 2.24) is 10.6 Å². The molecule has 2 aromatic carbocycles. The van der Waals surface area contributed by atoms with Crippen LogP contribution in [-0.2, 0) is 17.8 Å². The molecule has 0 fully saturated rings. The van der Waals surface area contributed by atoms with Crippen LogP contribution in [0.2, 0.25) is 0 Å². The van der Waals surface area contributed by atoms with Gasteiger partial charge in [0.15, 0.2) is 17.5 Å². The maximum atomic E-state index is 5.59. The number of nitrogens with one attached hydrogen (secondary N) is 2. The van der Waals surface area contributed by atoms with E-state index in [-0.39, 0.29) is 24.0 Å². The summed E-state index contributed by atoms with van der Waals surface area (Å²) in [6, 6.07) is 11.7. The molecule has 0 heterocycles. The number of halogens is 1. The number of hydrogen-bond donors (Lipinski definition) is 2. The van der Waals surface area contributed by atoms with Crippen LogP contribution < -0.4 is 29.6 Å². The maximum Gasteiger partial charge on any atom is 0.203 e. The molecule has 0 saturated carbocycles. The smallest absolute Gasteiger partial charge is 0.203 e. The van der Waals surface area contributed by atoms with E-state index >= 15 is 0 Å². The van der Waals surface area contributed by atoms with Crippen molar-refractivity contribution in [2.45, 2.75) is 26.4 Å². The molecular formula is C24H36IN3O5. The molecule has 0 aliphatic carbocycles. The fourth-order valence-corrected chi connectivity index (χ4v) is 3.08. The van der Waals surface area contributed by atoms with E-state index in [0.717, 1.165) is 36.4 Å². The van der Waals surface area contributed by atoms with E-state index < -0.39 is 0 Å². The van der Waals surface area contributed by atoms with E-state index in [9.17, 15) is 0 Å². The maximum absolute atomic E-state index is 5.59. The molecule has 2 N–H and O–H groups in total. The quantitative estimate of drug-likeness (QED) is 0.162. The summed E-state index contributed by atoms with van der Waals surface area (Å²) in [4.78, 5) is 4.73. The first kappa shape index (κ1) is 28.6. The number of ether oxygens (including phenoxy) is 5. The topological polar surface area (TPSA) is 82.6 Å². The fourth-order valence-electron chi connectivity index (χ4n) is 3.08. The van der Waals surface area contributed by atoms with Gasteiger partial charge in [-0.3, -0.25) is 0 Å². The number of benzene rings is 2. The Bertz CT molecular complexity index is 847. The molecule has 0 aliphatic heterocycles. The highest BCUT2D eigenvalue weighted by Gasteiger charge is 2.16. The van der Waals surface area contributed by atoms with Crippen molar-refractivity contribution in [3.05, 3.63) is 47.5 Å². The summed E-state index contributed by atoms with van der Waals surface area (Å²) in [5, 5.41) is 6.75. The molecule has 8 nitrogen and oxygen atoms in total. The van der Waals surface area contributed by atoms with Gasteiger partial charge in [-0.1, -0.05) is 12.1 Å². The molecule has 9 heteroatoms. The summed E-state index contributed by atoms with van der Waals surface area (Å²) in [6.07, 6.45) is 0.886. The Kier molecular flexibility index (Phi) is 14.1. The molecule has 0 radical (unpaired) electrons. The van der Waals surface area contributed by atoms with Gasteiger partial charge in [0.1, 0.15) is 5.75 Å². The minimum Gasteiger partial charge on any atom is -0.497 e. The summed E-state index contributed by atoms with van der Waals surface area (Å²) < 4.78 is 27.1. The lowest BCUT2D eigenvalue weighted by atomic mass is 10.1. The van der Waals surface area contributed by atoms with Gasteiger partial charge in [-0.15, -0.1) is 24.0 Å². The summed E-state index contributed by atoms with van der Waals surface area (Å²) >= 11 is 0. The molecule has 0 bridgehead atoms. The Labute approximate surface area is 214 Å². The number of hydrogen-bond acceptors (Lipinski definition) is 6. The largest absolute Gasteiger partial charge is 0.497 e. The molecule has 0 aromatic heterocycles. The van der Waals surface area contributed by atoms with E-state index in [1.54, 1.807) is 28.4 Å². The zero-order valence-corrected chi connectivity index (χ0v) is 22.4. The Balaban J connectivity index is 0.00000544. The van der Waals surface area contributed by atoms with Crippen LogP contribution in [0.3, 0.4) is 0 Å². The highest BCUT2D eigenvalue weighted by Crippen LogP contribution is 2.39. The standard InChI is InChI=1S/C24H35N3O5.HI/c1-6-32-15-7-14-25-24(26-16-18-8-11-20(28-2)12-9-18)27-17-19-10-13-21(29-3)23(31-5)22(19)30-4;/h8-13H,6-7,14-17H2,1-5H3,(H2,25,26,27);1H. The number of guanidine groups is 1. The van der Waals surface area contributed by atoms with Crippen LogP contribution in [-0.4, -0.2) is 54.2 Å². The van der Waals surface area contributed by atoms with Crippen LogP contribution in [0.4, 0.5) is 0 Å². The van der Waals surface area contributed by atoms with Gasteiger partial charge in [-0.25, -0.2) is 4.99 Å². The molecule has 2 rings (SSSR count). The molecule has 184 valence electrons. The Morgan fingerprint density at radius 1 is 0.848 bits per heavy atom. The molecule has 0 saturated heterocycles. The number of aliphatic imine (C=N–C) groups is 1. The van der Waals surface area contributed by atoms with Crippen molar-refractivity contribution in [2.75, 3.05) is 48.2 Å². The van der Waals surface area contributed by atoms with Gasteiger partial charge in [0.2, 0.25) is 5.75 Å². The minimum atomic E-state index is 0. The lowest BCUT2D eigenvalue weighted by molar-refractivity contribution is 0.145. The third kappa shape index (κ3) is 9.17. The van der Waals surface area contributed by atoms with Gasteiger partial charge in [0.05, 0.1) is 35.0 Å². The second-order valence-electron chi connectivity index (χ2n) is 6.84. The highest BCUT2D eigenvalue weighted by atomic mass is 127. The van der Waals surface area contributed by atoms with Crippen LogP contribution >= 0.6 is 24.0 Å². The average Bonchev–Trinajstić information content (AvgIpc) is 2.84. The predicted octanol–water partition coefficient (Wildman–Crippen LogP) is 4.00. The number of rotatable bonds is 13. The third-order valence-corrected chi connectivity index (χ3v) is 4.77. The first-order valence-corrected chi connectivity index (χ1v) is 10.7. The zero-order valence-electron chi connectivity index (χ0n) is 20.1. The first-order chi connectivity index (χ1) is 15.7. The van der Waals surface area contributed by atoms with E-state index in [1.807, 2.05) is 43.3 Å². The van der Waals surface area contributed by atoms with Crippen LogP contribution in [0.1, 0.15) is 24.5 Å². The molecule has 2 aromatic rings. The molecule has 0 spiro atoms. The fraction of sp³-hybridized carbons (Fsp3) is 0.458. The van der Waals surface area contributed by atoms with E-state index in [4.69, 9.17) is 28.7 Å². The summed E-state index contributed by atoms with van der Waals surface area (Å²) in [6.45, 7) is 5.20. The Hall–Kier alpha value is -2.40. The summed E-state index contributed by atoms with van der Waals surface area (Å²) in [5.41, 5.74) is 2.02. The highest BCUT2D eigenvalue weighted by molar-refractivity contribution is 14.0. The van der Waals surface area contributed by atoms with Crippen molar-refractivity contribution >= 4 is 29.9 Å². The summed E-state index contributed by atoms with van der Waals surface area (Å²) in [5.74, 6) is 3.34. The van der Waals surface area contributed by atoms with E-state index in [1.165, 1.54) is 0 Å². The third-order valence-electron chi connectivity index (χ3n) is 4.77. The summed E-state index contributed by atoms with van der Waals surface area (Å²) in [7, 11) is 6.47. The SMILES string of the molecule is CCOCCCNC(=NCc1ccc(OC)cc1)NCc1ccc(OC)c(OC)c1OC.I. The lowest BCUT2D eigenvalue weighted by Crippen LogP contribution is -2.38. The first-order valence-electron chi connectivity index (χ1n) is 10.7. The van der Waals surface area contributed by atoms with Crippen molar-refractivity contribution in [3.8, 4) is 23.0 Å². The average molecular weight is 573 g/mol. The van der Waals surface area contributed by atoms with Crippen LogP contribution in [0.15, 0.2) is 41.4 Å². The minimum absolute atomic E-state index is 0. The molecular weight excluding hydrogens is 537 g/mol. The van der Waals surface area contributed by atoms with Gasteiger partial charge in [-0.05, 0) is 43.2 Å². The Morgan fingerprint density at radius 2 is 1.58 bits per heavy atom. The monoisotopic (exact) mass is 573 g/mol. The van der Waals surface area contributed by atoms with Crippen molar-refractivity contribution in [1.29, 1.82) is 0 Å².